The number of piperidine rings is 1. The van der Waals surface area contributed by atoms with Crippen molar-refractivity contribution in [1.82, 2.24) is 4.90 Å². The smallest absolute Gasteiger partial charge is 0.0478 e. The monoisotopic (exact) mass is 229 g/mol. The molecule has 2 rings (SSSR count). The van der Waals surface area contributed by atoms with Crippen molar-refractivity contribution in [3.63, 3.8) is 0 Å². The summed E-state index contributed by atoms with van der Waals surface area (Å²) in [6.07, 6.45) is 2.70. The van der Waals surface area contributed by atoms with Gasteiger partial charge in [0.15, 0.2) is 0 Å². The maximum absolute atomic E-state index is 5.39. The van der Waals surface area contributed by atoms with E-state index in [0.29, 0.717) is 0 Å². The fourth-order valence-corrected chi connectivity index (χ4v) is 4.07. The van der Waals surface area contributed by atoms with Gasteiger partial charge in [0.05, 0.1) is 0 Å². The largest absolute Gasteiger partial charge is 0.382 e. The summed E-state index contributed by atoms with van der Waals surface area (Å²) in [6, 6.07) is 0. The summed E-state index contributed by atoms with van der Waals surface area (Å²) in [4.78, 5) is 2.66. The molecule has 0 aromatic carbocycles. The molecule has 2 aliphatic rings. The number of fused-ring (bicyclic) bond motifs is 2. The van der Waals surface area contributed by atoms with E-state index in [0.717, 1.165) is 25.0 Å². The van der Waals surface area contributed by atoms with Gasteiger partial charge in [-0.05, 0) is 43.1 Å². The highest BCUT2D eigenvalue weighted by Gasteiger charge is 2.30. The van der Waals surface area contributed by atoms with Crippen molar-refractivity contribution in [3.05, 3.63) is 0 Å². The molecule has 0 aromatic rings. The van der Waals surface area contributed by atoms with Gasteiger partial charge in [0, 0.05) is 32.8 Å². The van der Waals surface area contributed by atoms with Gasteiger partial charge >= 0.3 is 0 Å². The summed E-state index contributed by atoms with van der Waals surface area (Å²) < 4.78 is 5.39. The van der Waals surface area contributed by atoms with Crippen LogP contribution in [0.4, 0.5) is 0 Å². The van der Waals surface area contributed by atoms with E-state index in [1.807, 2.05) is 0 Å². The lowest BCUT2D eigenvalue weighted by atomic mass is 9.91. The zero-order valence-corrected chi connectivity index (χ0v) is 10.6. The summed E-state index contributed by atoms with van der Waals surface area (Å²) in [6.45, 7) is 7.81. The van der Waals surface area contributed by atoms with Crippen LogP contribution >= 0.6 is 11.8 Å². The highest BCUT2D eigenvalue weighted by Crippen LogP contribution is 2.32. The molecule has 88 valence electrons. The minimum absolute atomic E-state index is 0.863. The SMILES string of the molecule is CCOCCCN1C[C@@H]2CSC[C@@H](C2)C1. The van der Waals surface area contributed by atoms with E-state index in [9.17, 15) is 0 Å². The molecule has 3 heteroatoms. The average Bonchev–Trinajstić information content (AvgIpc) is 2.24. The van der Waals surface area contributed by atoms with Gasteiger partial charge in [-0.1, -0.05) is 0 Å². The maximum Gasteiger partial charge on any atom is 0.0478 e. The van der Waals surface area contributed by atoms with Gasteiger partial charge in [0.2, 0.25) is 0 Å². The lowest BCUT2D eigenvalue weighted by Gasteiger charge is -2.41. The van der Waals surface area contributed by atoms with Crippen molar-refractivity contribution in [2.45, 2.75) is 19.8 Å². The van der Waals surface area contributed by atoms with E-state index in [1.54, 1.807) is 0 Å². The van der Waals surface area contributed by atoms with E-state index >= 15 is 0 Å². The van der Waals surface area contributed by atoms with E-state index in [2.05, 4.69) is 23.6 Å². The van der Waals surface area contributed by atoms with Gasteiger partial charge in [-0.2, -0.15) is 11.8 Å². The van der Waals surface area contributed by atoms with Crippen LogP contribution in [-0.4, -0.2) is 49.3 Å². The minimum atomic E-state index is 0.863. The molecule has 15 heavy (non-hydrogen) atoms. The number of hydrogen-bond acceptors (Lipinski definition) is 3. The molecule has 2 saturated heterocycles. The fourth-order valence-electron chi connectivity index (χ4n) is 2.79. The van der Waals surface area contributed by atoms with Crippen molar-refractivity contribution in [2.24, 2.45) is 11.8 Å². The first-order valence-electron chi connectivity index (χ1n) is 6.26. The van der Waals surface area contributed by atoms with Gasteiger partial charge in [-0.15, -0.1) is 0 Å². The maximum atomic E-state index is 5.39. The number of hydrogen-bond donors (Lipinski definition) is 0. The zero-order chi connectivity index (χ0) is 10.5. The van der Waals surface area contributed by atoms with Crippen molar-refractivity contribution < 1.29 is 4.74 Å². The fraction of sp³-hybridized carbons (Fsp3) is 1.00. The van der Waals surface area contributed by atoms with Gasteiger partial charge in [0.1, 0.15) is 0 Å². The molecule has 0 aliphatic carbocycles. The van der Waals surface area contributed by atoms with Crippen LogP contribution in [0, 0.1) is 11.8 Å². The number of nitrogens with zero attached hydrogens (tertiary/aromatic N) is 1. The molecular weight excluding hydrogens is 206 g/mol. The average molecular weight is 229 g/mol. The zero-order valence-electron chi connectivity index (χ0n) is 9.78. The van der Waals surface area contributed by atoms with Crippen LogP contribution < -0.4 is 0 Å². The van der Waals surface area contributed by atoms with E-state index in [1.165, 1.54) is 44.0 Å². The Morgan fingerprint density at radius 3 is 2.67 bits per heavy atom. The topological polar surface area (TPSA) is 12.5 Å². The van der Waals surface area contributed by atoms with Gasteiger partial charge in [-0.3, -0.25) is 0 Å². The molecule has 0 saturated carbocycles. The summed E-state index contributed by atoms with van der Waals surface area (Å²) in [5, 5.41) is 0. The van der Waals surface area contributed by atoms with E-state index in [-0.39, 0.29) is 0 Å². The normalized spacial score (nSPS) is 31.8. The predicted molar refractivity (Wildman–Crippen MR) is 66.5 cm³/mol. The summed E-state index contributed by atoms with van der Waals surface area (Å²) in [7, 11) is 0. The molecule has 0 amide bonds. The van der Waals surface area contributed by atoms with Crippen LogP contribution in [0.1, 0.15) is 19.8 Å². The Labute approximate surface area is 97.7 Å². The first kappa shape index (κ1) is 11.7. The number of rotatable bonds is 5. The molecule has 2 nitrogen and oxygen atoms in total. The van der Waals surface area contributed by atoms with Crippen molar-refractivity contribution in [3.8, 4) is 0 Å². The third kappa shape index (κ3) is 3.65. The van der Waals surface area contributed by atoms with Crippen molar-refractivity contribution >= 4 is 11.8 Å². The molecule has 2 aliphatic heterocycles. The lowest BCUT2D eigenvalue weighted by Crippen LogP contribution is -2.44. The summed E-state index contributed by atoms with van der Waals surface area (Å²) >= 11 is 2.17. The molecule has 0 unspecified atom stereocenters. The van der Waals surface area contributed by atoms with Gasteiger partial charge < -0.3 is 9.64 Å². The molecule has 0 spiro atoms. The Balaban J connectivity index is 1.65. The van der Waals surface area contributed by atoms with E-state index in [4.69, 9.17) is 4.74 Å². The Kier molecular flexibility index (Phi) is 4.79. The second kappa shape index (κ2) is 6.12. The highest BCUT2D eigenvalue weighted by atomic mass is 32.2. The van der Waals surface area contributed by atoms with Crippen LogP contribution in [-0.2, 0) is 4.74 Å². The Bertz CT molecular complexity index is 176. The van der Waals surface area contributed by atoms with Crippen molar-refractivity contribution in [2.75, 3.05) is 44.4 Å². The number of thioether (sulfide) groups is 1. The van der Waals surface area contributed by atoms with Crippen LogP contribution in [0.25, 0.3) is 0 Å². The molecule has 2 atom stereocenters. The quantitative estimate of drug-likeness (QED) is 0.670. The molecule has 0 aromatic heterocycles. The second-order valence-electron chi connectivity index (χ2n) is 4.82. The molecule has 0 N–H and O–H groups in total. The van der Waals surface area contributed by atoms with Gasteiger partial charge in [0.25, 0.3) is 0 Å². The van der Waals surface area contributed by atoms with Crippen LogP contribution in [0.15, 0.2) is 0 Å². The Morgan fingerprint density at radius 1 is 1.27 bits per heavy atom. The Morgan fingerprint density at radius 2 is 2.00 bits per heavy atom. The minimum Gasteiger partial charge on any atom is -0.382 e. The van der Waals surface area contributed by atoms with E-state index < -0.39 is 0 Å². The van der Waals surface area contributed by atoms with Crippen LogP contribution in [0.2, 0.25) is 0 Å². The highest BCUT2D eigenvalue weighted by molar-refractivity contribution is 7.99. The first-order valence-corrected chi connectivity index (χ1v) is 7.41. The molecule has 2 bridgehead atoms. The van der Waals surface area contributed by atoms with Crippen LogP contribution in [0.3, 0.4) is 0 Å². The lowest BCUT2D eigenvalue weighted by molar-refractivity contribution is 0.105. The molecule has 0 radical (unpaired) electrons. The summed E-state index contributed by atoms with van der Waals surface area (Å²) in [5.74, 6) is 4.76. The Hall–Kier alpha value is 0.270. The molecular formula is C12H23NOS. The van der Waals surface area contributed by atoms with Crippen molar-refractivity contribution in [1.29, 1.82) is 0 Å². The number of likely N-dealkylation sites (tertiary alicyclic amines) is 1. The number of ether oxygens (including phenoxy) is 1. The van der Waals surface area contributed by atoms with Gasteiger partial charge in [-0.25, -0.2) is 0 Å². The molecule has 2 fully saturated rings. The molecule has 2 heterocycles. The second-order valence-corrected chi connectivity index (χ2v) is 5.89. The standard InChI is InChI=1S/C12H23NOS/c1-2-14-5-3-4-13-7-11-6-12(8-13)10-15-9-11/h11-12H,2-10H2,1H3/t11-,12+. The third-order valence-electron chi connectivity index (χ3n) is 3.37. The predicted octanol–water partition coefficient (Wildman–Crippen LogP) is 2.10. The van der Waals surface area contributed by atoms with Crippen LogP contribution in [0.5, 0.6) is 0 Å². The summed E-state index contributed by atoms with van der Waals surface area (Å²) in [5.41, 5.74) is 0. The first-order chi connectivity index (χ1) is 7.38. The third-order valence-corrected chi connectivity index (χ3v) is 4.79.